The van der Waals surface area contributed by atoms with Crippen LogP contribution in [0.15, 0.2) is 46.8 Å². The molecule has 0 saturated heterocycles. The molecule has 2 atom stereocenters. The van der Waals surface area contributed by atoms with Crippen molar-refractivity contribution in [2.45, 2.75) is 38.7 Å². The minimum absolute atomic E-state index is 0.0541. The first kappa shape index (κ1) is 24.0. The number of carbonyl (C=O) groups is 2. The molecule has 0 aliphatic carbocycles. The summed E-state index contributed by atoms with van der Waals surface area (Å²) in [5.74, 6) is -2.29. The predicted molar refractivity (Wildman–Crippen MR) is 112 cm³/mol. The number of nitrogens with two attached hydrogens (primary N) is 1. The van der Waals surface area contributed by atoms with Gasteiger partial charge in [-0.05, 0) is 32.3 Å². The van der Waals surface area contributed by atoms with E-state index in [0.29, 0.717) is 17.0 Å². The number of aliphatic hydroxyl groups is 1. The molecule has 0 saturated carbocycles. The molecule has 2 unspecified atom stereocenters. The molecule has 0 fully saturated rings. The molecule has 1 heterocycles. The monoisotopic (exact) mass is 433 g/mol. The SMILES string of the molecule is CCOC(=O)C1=C(CCC(O)CN)NC(C)=C(C(=O)OC)C1c1cccc([N+](=O)[O-])c1. The van der Waals surface area contributed by atoms with Gasteiger partial charge < -0.3 is 25.6 Å². The topological polar surface area (TPSA) is 154 Å². The molecule has 0 bridgehead atoms. The minimum atomic E-state index is -0.947. The third kappa shape index (κ3) is 5.47. The number of non-ortho nitro benzene ring substituents is 1. The molecule has 1 aromatic rings. The summed E-state index contributed by atoms with van der Waals surface area (Å²) in [6.07, 6.45) is -0.256. The first-order chi connectivity index (χ1) is 14.7. The molecule has 0 aromatic heterocycles. The minimum Gasteiger partial charge on any atom is -0.466 e. The summed E-state index contributed by atoms with van der Waals surface area (Å²) in [4.78, 5) is 36.4. The van der Waals surface area contributed by atoms with Crippen LogP contribution in [0.3, 0.4) is 0 Å². The zero-order chi connectivity index (χ0) is 23.1. The Balaban J connectivity index is 2.71. The van der Waals surface area contributed by atoms with E-state index in [9.17, 15) is 24.8 Å². The molecular formula is C21H27N3O7. The van der Waals surface area contributed by atoms with E-state index in [1.165, 1.54) is 25.3 Å². The highest BCUT2D eigenvalue weighted by molar-refractivity contribution is 6.00. The smallest absolute Gasteiger partial charge is 0.336 e. The summed E-state index contributed by atoms with van der Waals surface area (Å²) in [6, 6.07) is 5.73. The van der Waals surface area contributed by atoms with Gasteiger partial charge in [-0.2, -0.15) is 0 Å². The Morgan fingerprint density at radius 2 is 2.03 bits per heavy atom. The van der Waals surface area contributed by atoms with Crippen LogP contribution in [0.4, 0.5) is 5.69 Å². The molecule has 10 heteroatoms. The molecule has 1 aliphatic heterocycles. The quantitative estimate of drug-likeness (QED) is 0.299. The predicted octanol–water partition coefficient (Wildman–Crippen LogP) is 1.65. The van der Waals surface area contributed by atoms with Gasteiger partial charge in [0.25, 0.3) is 5.69 Å². The van der Waals surface area contributed by atoms with E-state index in [2.05, 4.69) is 5.32 Å². The van der Waals surface area contributed by atoms with Gasteiger partial charge in [-0.3, -0.25) is 10.1 Å². The van der Waals surface area contributed by atoms with Gasteiger partial charge in [0, 0.05) is 30.1 Å². The van der Waals surface area contributed by atoms with Crippen molar-refractivity contribution in [3.8, 4) is 0 Å². The van der Waals surface area contributed by atoms with E-state index in [0.717, 1.165) is 0 Å². The van der Waals surface area contributed by atoms with E-state index in [4.69, 9.17) is 15.2 Å². The second-order valence-electron chi connectivity index (χ2n) is 6.98. The Bertz CT molecular complexity index is 923. The summed E-state index contributed by atoms with van der Waals surface area (Å²) in [6.45, 7) is 3.45. The van der Waals surface area contributed by atoms with Crippen LogP contribution in [-0.4, -0.2) is 48.3 Å². The van der Waals surface area contributed by atoms with Crippen molar-refractivity contribution in [1.82, 2.24) is 5.32 Å². The molecule has 0 radical (unpaired) electrons. The number of esters is 2. The lowest BCUT2D eigenvalue weighted by Gasteiger charge is -2.31. The second-order valence-corrected chi connectivity index (χ2v) is 6.98. The number of hydrogen-bond donors (Lipinski definition) is 3. The second kappa shape index (κ2) is 10.7. The van der Waals surface area contributed by atoms with E-state index in [-0.39, 0.29) is 42.8 Å². The van der Waals surface area contributed by atoms with Crippen LogP contribution in [0.1, 0.15) is 38.2 Å². The van der Waals surface area contributed by atoms with Gasteiger partial charge in [0.05, 0.1) is 41.8 Å². The van der Waals surface area contributed by atoms with Crippen molar-refractivity contribution in [3.05, 3.63) is 62.5 Å². The van der Waals surface area contributed by atoms with Gasteiger partial charge in [0.2, 0.25) is 0 Å². The zero-order valence-electron chi connectivity index (χ0n) is 17.7. The number of aliphatic hydroxyl groups excluding tert-OH is 1. The Hall–Kier alpha value is -3.24. The fourth-order valence-corrected chi connectivity index (χ4v) is 3.50. The average Bonchev–Trinajstić information content (AvgIpc) is 2.76. The van der Waals surface area contributed by atoms with Crippen LogP contribution < -0.4 is 11.1 Å². The van der Waals surface area contributed by atoms with Crippen molar-refractivity contribution in [2.75, 3.05) is 20.3 Å². The summed E-state index contributed by atoms with van der Waals surface area (Å²) in [5, 5.41) is 24.3. The molecule has 0 spiro atoms. The van der Waals surface area contributed by atoms with E-state index in [1.807, 2.05) is 0 Å². The van der Waals surface area contributed by atoms with Gasteiger partial charge in [-0.1, -0.05) is 12.1 Å². The number of allylic oxidation sites excluding steroid dienone is 2. The highest BCUT2D eigenvalue weighted by Crippen LogP contribution is 2.41. The van der Waals surface area contributed by atoms with Crippen molar-refractivity contribution >= 4 is 17.6 Å². The van der Waals surface area contributed by atoms with Gasteiger partial charge in [0.1, 0.15) is 0 Å². The number of nitrogens with one attached hydrogen (secondary N) is 1. The molecule has 168 valence electrons. The fourth-order valence-electron chi connectivity index (χ4n) is 3.50. The Labute approximate surface area is 179 Å². The largest absolute Gasteiger partial charge is 0.466 e. The lowest BCUT2D eigenvalue weighted by molar-refractivity contribution is -0.384. The van der Waals surface area contributed by atoms with Crippen molar-refractivity contribution in [3.63, 3.8) is 0 Å². The molecule has 10 nitrogen and oxygen atoms in total. The number of ether oxygens (including phenoxy) is 2. The van der Waals surface area contributed by atoms with Crippen LogP contribution in [0.5, 0.6) is 0 Å². The van der Waals surface area contributed by atoms with Crippen LogP contribution in [0, 0.1) is 10.1 Å². The third-order valence-corrected chi connectivity index (χ3v) is 4.96. The summed E-state index contributed by atoms with van der Waals surface area (Å²) in [5.41, 5.74) is 6.85. The van der Waals surface area contributed by atoms with E-state index < -0.39 is 28.9 Å². The number of methoxy groups -OCH3 is 1. The van der Waals surface area contributed by atoms with Crippen LogP contribution >= 0.6 is 0 Å². The standard InChI is InChI=1S/C21H27N3O7/c1-4-31-21(27)19-16(9-8-15(25)11-22)23-12(2)17(20(26)30-3)18(19)13-6-5-7-14(10-13)24(28)29/h5-7,10,15,18,23,25H,4,8-9,11,22H2,1-3H3. The zero-order valence-corrected chi connectivity index (χ0v) is 17.7. The first-order valence-electron chi connectivity index (χ1n) is 9.83. The normalized spacial score (nSPS) is 17.1. The summed E-state index contributed by atoms with van der Waals surface area (Å²) in [7, 11) is 1.22. The highest BCUT2D eigenvalue weighted by Gasteiger charge is 2.39. The summed E-state index contributed by atoms with van der Waals surface area (Å²) >= 11 is 0. The number of carbonyl (C=O) groups excluding carboxylic acids is 2. The van der Waals surface area contributed by atoms with Gasteiger partial charge in [-0.15, -0.1) is 0 Å². The molecule has 4 N–H and O–H groups in total. The fraction of sp³-hybridized carbons (Fsp3) is 0.429. The van der Waals surface area contributed by atoms with E-state index in [1.54, 1.807) is 19.9 Å². The van der Waals surface area contributed by atoms with Crippen LogP contribution in [0.2, 0.25) is 0 Å². The maximum Gasteiger partial charge on any atom is 0.336 e. The Morgan fingerprint density at radius 3 is 2.61 bits per heavy atom. The Morgan fingerprint density at radius 1 is 1.32 bits per heavy atom. The molecule has 31 heavy (non-hydrogen) atoms. The lowest BCUT2D eigenvalue weighted by Crippen LogP contribution is -2.33. The maximum absolute atomic E-state index is 13.0. The number of nitrogens with zero attached hydrogens (tertiary/aromatic N) is 1. The number of nitro benzene ring substituents is 1. The highest BCUT2D eigenvalue weighted by atomic mass is 16.6. The van der Waals surface area contributed by atoms with Gasteiger partial charge >= 0.3 is 11.9 Å². The summed E-state index contributed by atoms with van der Waals surface area (Å²) < 4.78 is 10.2. The lowest BCUT2D eigenvalue weighted by atomic mass is 9.79. The average molecular weight is 433 g/mol. The molecule has 2 rings (SSSR count). The maximum atomic E-state index is 13.0. The number of nitro groups is 1. The molecular weight excluding hydrogens is 406 g/mol. The van der Waals surface area contributed by atoms with Gasteiger partial charge in [-0.25, -0.2) is 9.59 Å². The number of rotatable bonds is 9. The Kier molecular flexibility index (Phi) is 8.29. The first-order valence-corrected chi connectivity index (χ1v) is 9.83. The van der Waals surface area contributed by atoms with E-state index >= 15 is 0 Å². The molecule has 0 amide bonds. The van der Waals surface area contributed by atoms with Crippen molar-refractivity contribution < 1.29 is 29.1 Å². The molecule has 1 aromatic carbocycles. The third-order valence-electron chi connectivity index (χ3n) is 4.96. The van der Waals surface area contributed by atoms with Crippen LogP contribution in [-0.2, 0) is 19.1 Å². The van der Waals surface area contributed by atoms with Crippen molar-refractivity contribution in [1.29, 1.82) is 0 Å². The molecule has 1 aliphatic rings. The van der Waals surface area contributed by atoms with Crippen LogP contribution in [0.25, 0.3) is 0 Å². The number of dihydropyridines is 1. The number of benzene rings is 1. The van der Waals surface area contributed by atoms with Gasteiger partial charge in [0.15, 0.2) is 0 Å². The van der Waals surface area contributed by atoms with Crippen molar-refractivity contribution in [2.24, 2.45) is 5.73 Å². The number of hydrogen-bond acceptors (Lipinski definition) is 9.